The number of unbranched alkanes of at least 4 members (excludes halogenated alkanes) is 1. The zero-order chi connectivity index (χ0) is 16.1. The van der Waals surface area contributed by atoms with Gasteiger partial charge >= 0.3 is 6.18 Å². The van der Waals surface area contributed by atoms with Gasteiger partial charge in [-0.05, 0) is 32.9 Å². The van der Waals surface area contributed by atoms with Crippen molar-refractivity contribution in [1.82, 2.24) is 10.0 Å². The van der Waals surface area contributed by atoms with Crippen LogP contribution in [0.25, 0.3) is 0 Å². The molecule has 1 aromatic rings. The molecule has 0 saturated carbocycles. The maximum absolute atomic E-state index is 12.1. The van der Waals surface area contributed by atoms with Crippen LogP contribution in [-0.2, 0) is 16.6 Å². The average molecular weight is 344 g/mol. The number of nitrogens with one attached hydrogen (secondary N) is 2. The lowest BCUT2D eigenvalue weighted by molar-refractivity contribution is -0.135. The number of sulfonamides is 1. The topological polar surface area (TPSA) is 58.2 Å². The Morgan fingerprint density at radius 1 is 1.29 bits per heavy atom. The van der Waals surface area contributed by atoms with Gasteiger partial charge < -0.3 is 5.32 Å². The smallest absolute Gasteiger partial charge is 0.315 e. The van der Waals surface area contributed by atoms with Gasteiger partial charge in [0.25, 0.3) is 0 Å². The predicted octanol–water partition coefficient (Wildman–Crippen LogP) is 2.79. The monoisotopic (exact) mass is 344 g/mol. The van der Waals surface area contributed by atoms with Crippen molar-refractivity contribution in [1.29, 1.82) is 0 Å². The van der Waals surface area contributed by atoms with E-state index in [1.807, 2.05) is 0 Å². The van der Waals surface area contributed by atoms with Crippen molar-refractivity contribution >= 4 is 21.4 Å². The van der Waals surface area contributed by atoms with Gasteiger partial charge in [-0.2, -0.15) is 13.2 Å². The molecule has 0 unspecified atom stereocenters. The van der Waals surface area contributed by atoms with E-state index in [9.17, 15) is 21.6 Å². The molecule has 0 saturated heterocycles. The van der Waals surface area contributed by atoms with Crippen molar-refractivity contribution in [2.75, 3.05) is 13.6 Å². The second kappa shape index (κ2) is 7.57. The van der Waals surface area contributed by atoms with Crippen LogP contribution in [0.3, 0.4) is 0 Å². The Hall–Kier alpha value is -0.640. The second-order valence-corrected chi connectivity index (χ2v) is 7.71. The molecule has 9 heteroatoms. The van der Waals surface area contributed by atoms with Crippen molar-refractivity contribution in [2.45, 2.75) is 43.8 Å². The summed E-state index contributed by atoms with van der Waals surface area (Å²) >= 11 is 1.38. The lowest BCUT2D eigenvalue weighted by Crippen LogP contribution is -2.25. The largest absolute Gasteiger partial charge is 0.389 e. The maximum Gasteiger partial charge on any atom is 0.389 e. The van der Waals surface area contributed by atoms with Crippen molar-refractivity contribution in [2.24, 2.45) is 0 Å². The number of thiophene rings is 1. The second-order valence-electron chi connectivity index (χ2n) is 4.63. The third kappa shape index (κ3) is 6.33. The van der Waals surface area contributed by atoms with E-state index in [4.69, 9.17) is 0 Å². The summed E-state index contributed by atoms with van der Waals surface area (Å²) in [4.78, 5) is 1.77. The normalized spacial score (nSPS) is 12.8. The van der Waals surface area contributed by atoms with Crippen LogP contribution in [0.2, 0.25) is 0 Å². The zero-order valence-electron chi connectivity index (χ0n) is 11.9. The van der Waals surface area contributed by atoms with Crippen LogP contribution >= 0.6 is 11.3 Å². The molecule has 4 nitrogen and oxygen atoms in total. The van der Waals surface area contributed by atoms with E-state index >= 15 is 0 Å². The molecule has 0 aromatic carbocycles. The molecule has 0 fully saturated rings. The summed E-state index contributed by atoms with van der Waals surface area (Å²) in [5.74, 6) is 0. The van der Waals surface area contributed by atoms with Crippen LogP contribution in [0.5, 0.6) is 0 Å². The number of aryl methyl sites for hydroxylation is 1. The summed E-state index contributed by atoms with van der Waals surface area (Å²) in [5.41, 5.74) is 0. The Kier molecular flexibility index (Phi) is 6.64. The molecule has 0 radical (unpaired) electrons. The van der Waals surface area contributed by atoms with Gasteiger partial charge in [0.15, 0.2) is 0 Å². The molecule has 1 aromatic heterocycles. The van der Waals surface area contributed by atoms with Gasteiger partial charge in [0, 0.05) is 29.3 Å². The summed E-state index contributed by atoms with van der Waals surface area (Å²) in [6.07, 6.45) is -5.01. The van der Waals surface area contributed by atoms with Crippen molar-refractivity contribution in [3.8, 4) is 0 Å². The van der Waals surface area contributed by atoms with Gasteiger partial charge in [0.1, 0.15) is 0 Å². The Morgan fingerprint density at radius 3 is 2.52 bits per heavy atom. The minimum absolute atomic E-state index is 0.00899. The summed E-state index contributed by atoms with van der Waals surface area (Å²) in [6.45, 7) is 2.30. The third-order valence-corrected chi connectivity index (χ3v) is 5.51. The summed E-state index contributed by atoms with van der Waals surface area (Å²) in [6, 6.07) is 1.59. The fraction of sp³-hybridized carbons (Fsp3) is 0.667. The predicted molar refractivity (Wildman–Crippen MR) is 76.9 cm³/mol. The standard InChI is InChI=1S/C12H19F3N2O2S2/c1-9-11(7-10(20-9)8-16-2)21(18,19)17-6-4-3-5-12(13,14)15/h7,16-17H,3-6,8H2,1-2H3. The van der Waals surface area contributed by atoms with E-state index in [0.29, 0.717) is 11.4 Å². The van der Waals surface area contributed by atoms with Crippen LogP contribution in [-0.4, -0.2) is 28.2 Å². The molecular formula is C12H19F3N2O2S2. The van der Waals surface area contributed by atoms with Crippen molar-refractivity contribution in [3.05, 3.63) is 15.8 Å². The molecular weight excluding hydrogens is 325 g/mol. The van der Waals surface area contributed by atoms with Gasteiger partial charge in [-0.3, -0.25) is 0 Å². The molecule has 1 heterocycles. The molecule has 0 aliphatic heterocycles. The number of hydrogen-bond donors (Lipinski definition) is 2. The van der Waals surface area contributed by atoms with E-state index in [2.05, 4.69) is 10.0 Å². The minimum Gasteiger partial charge on any atom is -0.315 e. The molecule has 0 aliphatic rings. The summed E-state index contributed by atoms with van der Waals surface area (Å²) in [7, 11) is -1.89. The molecule has 2 N–H and O–H groups in total. The Balaban J connectivity index is 2.54. The van der Waals surface area contributed by atoms with E-state index in [-0.39, 0.29) is 24.3 Å². The van der Waals surface area contributed by atoms with Crippen LogP contribution in [0.15, 0.2) is 11.0 Å². The van der Waals surface area contributed by atoms with Gasteiger partial charge in [0.2, 0.25) is 10.0 Å². The highest BCUT2D eigenvalue weighted by atomic mass is 32.2. The van der Waals surface area contributed by atoms with Crippen molar-refractivity contribution < 1.29 is 21.6 Å². The first-order chi connectivity index (χ1) is 9.65. The van der Waals surface area contributed by atoms with Gasteiger partial charge in [-0.15, -0.1) is 11.3 Å². The Morgan fingerprint density at radius 2 is 1.95 bits per heavy atom. The lowest BCUT2D eigenvalue weighted by atomic mass is 10.2. The number of hydrogen-bond acceptors (Lipinski definition) is 4. The maximum atomic E-state index is 12.1. The van der Waals surface area contributed by atoms with E-state index < -0.39 is 22.6 Å². The van der Waals surface area contributed by atoms with Gasteiger partial charge in [-0.1, -0.05) is 0 Å². The Labute approximate surface area is 126 Å². The SMILES string of the molecule is CNCc1cc(S(=O)(=O)NCCCCC(F)(F)F)c(C)s1. The fourth-order valence-electron chi connectivity index (χ4n) is 1.79. The number of rotatable bonds is 8. The molecule has 122 valence electrons. The molecule has 0 aliphatic carbocycles. The van der Waals surface area contributed by atoms with Crippen LogP contribution in [0.1, 0.15) is 29.0 Å². The van der Waals surface area contributed by atoms with Gasteiger partial charge in [-0.25, -0.2) is 13.1 Å². The highest BCUT2D eigenvalue weighted by Gasteiger charge is 2.26. The first-order valence-corrected chi connectivity index (χ1v) is 8.76. The molecule has 0 amide bonds. The highest BCUT2D eigenvalue weighted by molar-refractivity contribution is 7.89. The first kappa shape index (κ1) is 18.4. The summed E-state index contributed by atoms with van der Waals surface area (Å²) in [5, 5.41) is 2.94. The van der Waals surface area contributed by atoms with E-state index in [1.165, 1.54) is 11.3 Å². The number of alkyl halides is 3. The minimum atomic E-state index is -4.19. The van der Waals surface area contributed by atoms with Crippen LogP contribution < -0.4 is 10.0 Å². The Bertz CT molecular complexity index is 553. The first-order valence-electron chi connectivity index (χ1n) is 6.46. The number of halogens is 3. The summed E-state index contributed by atoms with van der Waals surface area (Å²) < 4.78 is 62.4. The van der Waals surface area contributed by atoms with E-state index in [1.54, 1.807) is 20.0 Å². The van der Waals surface area contributed by atoms with Crippen molar-refractivity contribution in [3.63, 3.8) is 0 Å². The average Bonchev–Trinajstić information content (AvgIpc) is 2.69. The molecule has 0 atom stereocenters. The van der Waals surface area contributed by atoms with Crippen LogP contribution in [0.4, 0.5) is 13.2 Å². The van der Waals surface area contributed by atoms with E-state index in [0.717, 1.165) is 4.88 Å². The molecule has 21 heavy (non-hydrogen) atoms. The molecule has 0 spiro atoms. The molecule has 1 rings (SSSR count). The lowest BCUT2D eigenvalue weighted by Gasteiger charge is -2.07. The third-order valence-electron chi connectivity index (χ3n) is 2.74. The fourth-order valence-corrected chi connectivity index (χ4v) is 4.51. The quantitative estimate of drug-likeness (QED) is 0.713. The van der Waals surface area contributed by atoms with Gasteiger partial charge in [0.05, 0.1) is 4.90 Å². The zero-order valence-corrected chi connectivity index (χ0v) is 13.5. The molecule has 0 bridgehead atoms. The highest BCUT2D eigenvalue weighted by Crippen LogP contribution is 2.26. The van der Waals surface area contributed by atoms with Crippen LogP contribution in [0, 0.1) is 6.92 Å².